The Morgan fingerprint density at radius 3 is 2.81 bits per heavy atom. The minimum absolute atomic E-state index is 0.105. The zero-order valence-corrected chi connectivity index (χ0v) is 12.0. The molecule has 0 aliphatic carbocycles. The molecule has 0 bridgehead atoms. The average Bonchev–Trinajstić information content (AvgIpc) is 2.53. The number of para-hydroxylation sites is 2. The van der Waals surface area contributed by atoms with Gasteiger partial charge in [0, 0.05) is 26.7 Å². The SMILES string of the molecule is COCCN1CCN(c2cnc3ccccc3n2)CC1=O. The molecule has 110 valence electrons. The van der Waals surface area contributed by atoms with Crippen molar-refractivity contribution in [1.82, 2.24) is 14.9 Å². The van der Waals surface area contributed by atoms with Crippen molar-refractivity contribution < 1.29 is 9.53 Å². The summed E-state index contributed by atoms with van der Waals surface area (Å²) in [7, 11) is 1.64. The Hall–Kier alpha value is -2.21. The maximum Gasteiger partial charge on any atom is 0.242 e. The van der Waals surface area contributed by atoms with E-state index in [1.54, 1.807) is 13.3 Å². The van der Waals surface area contributed by atoms with E-state index in [0.717, 1.165) is 23.4 Å². The molecule has 0 unspecified atom stereocenters. The predicted octanol–water partition coefficient (Wildman–Crippen LogP) is 0.925. The van der Waals surface area contributed by atoms with Crippen molar-refractivity contribution in [3.63, 3.8) is 0 Å². The largest absolute Gasteiger partial charge is 0.383 e. The Bertz CT molecular complexity index is 646. The lowest BCUT2D eigenvalue weighted by Gasteiger charge is -2.34. The standard InChI is InChI=1S/C15H18N4O2/c1-21-9-8-18-6-7-19(11-15(18)20)14-10-16-12-4-2-3-5-13(12)17-14/h2-5,10H,6-9,11H2,1H3. The second-order valence-corrected chi connectivity index (χ2v) is 5.01. The highest BCUT2D eigenvalue weighted by Crippen LogP contribution is 2.17. The molecule has 0 N–H and O–H groups in total. The molecule has 0 saturated carbocycles. The van der Waals surface area contributed by atoms with E-state index in [9.17, 15) is 4.79 Å². The maximum atomic E-state index is 12.1. The number of carbonyl (C=O) groups is 1. The average molecular weight is 286 g/mol. The predicted molar refractivity (Wildman–Crippen MR) is 80.2 cm³/mol. The minimum Gasteiger partial charge on any atom is -0.383 e. The van der Waals surface area contributed by atoms with E-state index in [-0.39, 0.29) is 5.91 Å². The molecule has 2 aromatic rings. The Morgan fingerprint density at radius 2 is 2.05 bits per heavy atom. The molecule has 1 aromatic carbocycles. The number of carbonyl (C=O) groups excluding carboxylic acids is 1. The van der Waals surface area contributed by atoms with Gasteiger partial charge in [-0.15, -0.1) is 0 Å². The molecule has 1 amide bonds. The number of fused-ring (bicyclic) bond motifs is 1. The third kappa shape index (κ3) is 2.95. The van der Waals surface area contributed by atoms with Gasteiger partial charge >= 0.3 is 0 Å². The van der Waals surface area contributed by atoms with Crippen molar-refractivity contribution in [2.45, 2.75) is 0 Å². The van der Waals surface area contributed by atoms with Gasteiger partial charge in [-0.25, -0.2) is 4.98 Å². The van der Waals surface area contributed by atoms with Crippen molar-refractivity contribution in [2.24, 2.45) is 0 Å². The van der Waals surface area contributed by atoms with E-state index >= 15 is 0 Å². The van der Waals surface area contributed by atoms with Crippen LogP contribution in [0.4, 0.5) is 5.82 Å². The topological polar surface area (TPSA) is 58.6 Å². The summed E-state index contributed by atoms with van der Waals surface area (Å²) >= 11 is 0. The summed E-state index contributed by atoms with van der Waals surface area (Å²) in [6, 6.07) is 7.74. The van der Waals surface area contributed by atoms with Crippen LogP contribution < -0.4 is 4.90 Å². The van der Waals surface area contributed by atoms with Gasteiger partial charge in [-0.2, -0.15) is 0 Å². The summed E-state index contributed by atoms with van der Waals surface area (Å²) < 4.78 is 5.02. The maximum absolute atomic E-state index is 12.1. The quantitative estimate of drug-likeness (QED) is 0.836. The second-order valence-electron chi connectivity index (χ2n) is 5.01. The van der Waals surface area contributed by atoms with Gasteiger partial charge in [-0.1, -0.05) is 12.1 Å². The van der Waals surface area contributed by atoms with Gasteiger partial charge in [0.1, 0.15) is 5.82 Å². The van der Waals surface area contributed by atoms with Crippen LogP contribution in [-0.4, -0.2) is 60.7 Å². The normalized spacial score (nSPS) is 15.8. The molecular formula is C15H18N4O2. The van der Waals surface area contributed by atoms with Gasteiger partial charge in [-0.3, -0.25) is 9.78 Å². The van der Waals surface area contributed by atoms with Crippen LogP contribution in [0.3, 0.4) is 0 Å². The lowest BCUT2D eigenvalue weighted by atomic mass is 10.3. The van der Waals surface area contributed by atoms with E-state index in [1.807, 2.05) is 34.1 Å². The van der Waals surface area contributed by atoms with Gasteiger partial charge in [-0.05, 0) is 12.1 Å². The smallest absolute Gasteiger partial charge is 0.242 e. The molecule has 3 rings (SSSR count). The number of ether oxygens (including phenoxy) is 1. The molecule has 0 spiro atoms. The number of rotatable bonds is 4. The van der Waals surface area contributed by atoms with Crippen molar-refractivity contribution in [2.75, 3.05) is 44.8 Å². The number of nitrogens with zero attached hydrogens (tertiary/aromatic N) is 4. The van der Waals surface area contributed by atoms with E-state index in [1.165, 1.54) is 0 Å². The van der Waals surface area contributed by atoms with E-state index < -0.39 is 0 Å². The summed E-state index contributed by atoms with van der Waals surface area (Å²) in [5, 5.41) is 0. The zero-order valence-electron chi connectivity index (χ0n) is 12.0. The fourth-order valence-electron chi connectivity index (χ4n) is 2.44. The highest BCUT2D eigenvalue weighted by molar-refractivity contribution is 5.83. The van der Waals surface area contributed by atoms with Crippen LogP contribution in [0.1, 0.15) is 0 Å². The molecule has 2 heterocycles. The molecule has 0 radical (unpaired) electrons. The van der Waals surface area contributed by atoms with Gasteiger partial charge in [0.25, 0.3) is 0 Å². The van der Waals surface area contributed by atoms with E-state index in [0.29, 0.717) is 26.2 Å². The first kappa shape index (κ1) is 13.8. The summed E-state index contributed by atoms with van der Waals surface area (Å²) in [5.41, 5.74) is 1.72. The van der Waals surface area contributed by atoms with Gasteiger partial charge in [0.15, 0.2) is 0 Å². The summed E-state index contributed by atoms with van der Waals surface area (Å²) in [6.45, 7) is 3.02. The number of hydrogen-bond donors (Lipinski definition) is 0. The van der Waals surface area contributed by atoms with Crippen LogP contribution in [0.2, 0.25) is 0 Å². The molecule has 21 heavy (non-hydrogen) atoms. The second kappa shape index (κ2) is 6.05. The molecule has 1 aromatic heterocycles. The molecule has 1 aliphatic heterocycles. The first-order valence-corrected chi connectivity index (χ1v) is 7.01. The van der Waals surface area contributed by atoms with Crippen molar-refractivity contribution in [1.29, 1.82) is 0 Å². The Balaban J connectivity index is 1.73. The monoisotopic (exact) mass is 286 g/mol. The summed E-state index contributed by atoms with van der Waals surface area (Å²) in [6.07, 6.45) is 1.74. The molecule has 1 aliphatic rings. The van der Waals surface area contributed by atoms with Crippen LogP contribution in [0.15, 0.2) is 30.5 Å². The number of aromatic nitrogens is 2. The van der Waals surface area contributed by atoms with E-state index in [4.69, 9.17) is 4.74 Å². The van der Waals surface area contributed by atoms with E-state index in [2.05, 4.69) is 9.97 Å². The van der Waals surface area contributed by atoms with Gasteiger partial charge in [0.2, 0.25) is 5.91 Å². The lowest BCUT2D eigenvalue weighted by Crippen LogP contribution is -2.51. The number of piperazine rings is 1. The lowest BCUT2D eigenvalue weighted by molar-refractivity contribution is -0.131. The highest BCUT2D eigenvalue weighted by atomic mass is 16.5. The Morgan fingerprint density at radius 1 is 1.24 bits per heavy atom. The number of anilines is 1. The zero-order chi connectivity index (χ0) is 14.7. The van der Waals surface area contributed by atoms with Crippen molar-refractivity contribution in [3.8, 4) is 0 Å². The van der Waals surface area contributed by atoms with Crippen LogP contribution in [0.5, 0.6) is 0 Å². The third-order valence-electron chi connectivity index (χ3n) is 3.64. The van der Waals surface area contributed by atoms with Crippen LogP contribution >= 0.6 is 0 Å². The fraction of sp³-hybridized carbons (Fsp3) is 0.400. The van der Waals surface area contributed by atoms with Crippen LogP contribution in [0, 0.1) is 0 Å². The number of hydrogen-bond acceptors (Lipinski definition) is 5. The summed E-state index contributed by atoms with van der Waals surface area (Å²) in [4.78, 5) is 24.9. The number of methoxy groups -OCH3 is 1. The molecule has 1 saturated heterocycles. The number of amides is 1. The molecule has 0 atom stereocenters. The summed E-state index contributed by atoms with van der Waals surface area (Å²) in [5.74, 6) is 0.863. The van der Waals surface area contributed by atoms with Gasteiger partial charge in [0.05, 0.1) is 30.4 Å². The minimum atomic E-state index is 0.105. The first-order chi connectivity index (χ1) is 10.3. The highest BCUT2D eigenvalue weighted by Gasteiger charge is 2.24. The molecular weight excluding hydrogens is 268 g/mol. The molecule has 6 heteroatoms. The number of benzene rings is 1. The van der Waals surface area contributed by atoms with Gasteiger partial charge < -0.3 is 14.5 Å². The fourth-order valence-corrected chi connectivity index (χ4v) is 2.44. The van der Waals surface area contributed by atoms with Crippen molar-refractivity contribution >= 4 is 22.8 Å². The first-order valence-electron chi connectivity index (χ1n) is 7.01. The van der Waals surface area contributed by atoms with Crippen LogP contribution in [-0.2, 0) is 9.53 Å². The third-order valence-corrected chi connectivity index (χ3v) is 3.64. The van der Waals surface area contributed by atoms with Crippen molar-refractivity contribution in [3.05, 3.63) is 30.5 Å². The molecule has 6 nitrogen and oxygen atoms in total. The molecule has 1 fully saturated rings. The Labute approximate surface area is 123 Å². The van der Waals surface area contributed by atoms with Crippen LogP contribution in [0.25, 0.3) is 11.0 Å². The Kier molecular flexibility index (Phi) is 3.96.